The molecule has 0 aliphatic heterocycles. The van der Waals surface area contributed by atoms with Gasteiger partial charge >= 0.3 is 0 Å². The molecule has 0 spiro atoms. The second-order valence-corrected chi connectivity index (χ2v) is 7.08. The van der Waals surface area contributed by atoms with E-state index in [1.807, 2.05) is 25.2 Å². The Morgan fingerprint density at radius 2 is 1.80 bits per heavy atom. The van der Waals surface area contributed by atoms with Crippen LogP contribution in [0.25, 0.3) is 11.0 Å². The Balaban J connectivity index is 1.61. The number of nitrogens with one attached hydrogen (secondary N) is 1. The van der Waals surface area contributed by atoms with Crippen molar-refractivity contribution in [3.63, 3.8) is 0 Å². The molecule has 1 N–H and O–H groups in total. The van der Waals surface area contributed by atoms with Crippen LogP contribution < -0.4 is 14.8 Å². The summed E-state index contributed by atoms with van der Waals surface area (Å²) in [5.41, 5.74) is 2.64. The van der Waals surface area contributed by atoms with Crippen LogP contribution in [0.3, 0.4) is 0 Å². The highest BCUT2D eigenvalue weighted by Crippen LogP contribution is 2.21. The molecule has 0 saturated carbocycles. The molecule has 0 unspecified atom stereocenters. The SMILES string of the molecule is CCN(CC)CCc1nc2cc(NC(=O)COc3ccc(OC)cc3)ccc2n1C. The van der Waals surface area contributed by atoms with Crippen LogP contribution in [0.4, 0.5) is 5.69 Å². The molecule has 160 valence electrons. The quantitative estimate of drug-likeness (QED) is 0.554. The first-order valence-corrected chi connectivity index (χ1v) is 10.3. The number of rotatable bonds is 10. The number of imidazole rings is 1. The van der Waals surface area contributed by atoms with Gasteiger partial charge in [0.2, 0.25) is 0 Å². The van der Waals surface area contributed by atoms with Gasteiger partial charge in [-0.15, -0.1) is 0 Å². The van der Waals surface area contributed by atoms with Crippen LogP contribution in [-0.2, 0) is 18.3 Å². The first kappa shape index (κ1) is 21.6. The molecule has 30 heavy (non-hydrogen) atoms. The maximum absolute atomic E-state index is 12.3. The number of nitrogens with zero attached hydrogens (tertiary/aromatic N) is 3. The van der Waals surface area contributed by atoms with E-state index >= 15 is 0 Å². The maximum atomic E-state index is 12.3. The number of benzene rings is 2. The molecule has 0 aliphatic rings. The van der Waals surface area contributed by atoms with Crippen LogP contribution in [0.1, 0.15) is 19.7 Å². The fourth-order valence-electron chi connectivity index (χ4n) is 3.37. The molecule has 0 bridgehead atoms. The lowest BCUT2D eigenvalue weighted by Gasteiger charge is -2.17. The molecule has 7 nitrogen and oxygen atoms in total. The molecule has 0 radical (unpaired) electrons. The number of aryl methyl sites for hydroxylation is 1. The van der Waals surface area contributed by atoms with Gasteiger partial charge in [-0.1, -0.05) is 13.8 Å². The average molecular weight is 411 g/mol. The molecule has 2 aromatic carbocycles. The van der Waals surface area contributed by atoms with Gasteiger partial charge in [-0.2, -0.15) is 0 Å². The van der Waals surface area contributed by atoms with Gasteiger partial charge in [-0.3, -0.25) is 4.79 Å². The van der Waals surface area contributed by atoms with Crippen LogP contribution in [0.2, 0.25) is 0 Å². The second kappa shape index (κ2) is 10.1. The van der Waals surface area contributed by atoms with E-state index in [0.717, 1.165) is 48.7 Å². The van der Waals surface area contributed by atoms with Crippen molar-refractivity contribution in [2.45, 2.75) is 20.3 Å². The summed E-state index contributed by atoms with van der Waals surface area (Å²) in [6.45, 7) is 7.33. The van der Waals surface area contributed by atoms with E-state index in [-0.39, 0.29) is 12.5 Å². The average Bonchev–Trinajstić information content (AvgIpc) is 3.08. The number of anilines is 1. The Bertz CT molecular complexity index is 978. The number of amides is 1. The first-order chi connectivity index (χ1) is 14.5. The molecule has 1 aromatic heterocycles. The van der Waals surface area contributed by atoms with Crippen molar-refractivity contribution in [3.8, 4) is 11.5 Å². The van der Waals surface area contributed by atoms with E-state index < -0.39 is 0 Å². The molecule has 0 saturated heterocycles. The van der Waals surface area contributed by atoms with E-state index in [9.17, 15) is 4.79 Å². The Morgan fingerprint density at radius 1 is 1.10 bits per heavy atom. The molecular formula is C23H30N4O3. The summed E-state index contributed by atoms with van der Waals surface area (Å²) in [5, 5.41) is 2.88. The summed E-state index contributed by atoms with van der Waals surface area (Å²) in [6, 6.07) is 12.9. The van der Waals surface area contributed by atoms with Gasteiger partial charge in [0, 0.05) is 25.7 Å². The minimum Gasteiger partial charge on any atom is -0.497 e. The number of fused-ring (bicyclic) bond motifs is 1. The van der Waals surface area contributed by atoms with Gasteiger partial charge in [0.1, 0.15) is 17.3 Å². The monoisotopic (exact) mass is 410 g/mol. The largest absolute Gasteiger partial charge is 0.497 e. The van der Waals surface area contributed by atoms with E-state index in [1.165, 1.54) is 0 Å². The van der Waals surface area contributed by atoms with Gasteiger partial charge in [0.25, 0.3) is 5.91 Å². The third-order valence-electron chi connectivity index (χ3n) is 5.23. The second-order valence-electron chi connectivity index (χ2n) is 7.08. The standard InChI is InChI=1S/C23H30N4O3/c1-5-27(6-2)14-13-22-25-20-15-17(7-12-21(20)26(22)3)24-23(28)16-30-19-10-8-18(29-4)9-11-19/h7-12,15H,5-6,13-14,16H2,1-4H3,(H,24,28). The topological polar surface area (TPSA) is 68.6 Å². The zero-order chi connectivity index (χ0) is 21.5. The van der Waals surface area contributed by atoms with Crippen LogP contribution in [-0.4, -0.2) is 53.7 Å². The van der Waals surface area contributed by atoms with E-state index in [2.05, 4.69) is 28.6 Å². The number of likely N-dealkylation sites (N-methyl/N-ethyl adjacent to an activating group) is 1. The summed E-state index contributed by atoms with van der Waals surface area (Å²) < 4.78 is 12.8. The van der Waals surface area contributed by atoms with Crippen molar-refractivity contribution in [3.05, 3.63) is 48.3 Å². The zero-order valence-electron chi connectivity index (χ0n) is 18.1. The number of hydrogen-bond acceptors (Lipinski definition) is 5. The van der Waals surface area contributed by atoms with E-state index in [4.69, 9.17) is 14.5 Å². The molecule has 1 heterocycles. The number of methoxy groups -OCH3 is 1. The normalized spacial score (nSPS) is 11.1. The molecule has 0 atom stereocenters. The minimum absolute atomic E-state index is 0.0678. The van der Waals surface area contributed by atoms with Crippen LogP contribution in [0.5, 0.6) is 11.5 Å². The predicted molar refractivity (Wildman–Crippen MR) is 119 cm³/mol. The van der Waals surface area contributed by atoms with Gasteiger partial charge in [0.05, 0.1) is 18.1 Å². The Morgan fingerprint density at radius 3 is 2.47 bits per heavy atom. The molecule has 3 aromatic rings. The smallest absolute Gasteiger partial charge is 0.262 e. The lowest BCUT2D eigenvalue weighted by atomic mass is 10.2. The van der Waals surface area contributed by atoms with Gasteiger partial charge in [0.15, 0.2) is 6.61 Å². The summed E-state index contributed by atoms with van der Waals surface area (Å²) in [4.78, 5) is 19.4. The molecule has 7 heteroatoms. The van der Waals surface area contributed by atoms with Crippen molar-refractivity contribution in [2.75, 3.05) is 38.7 Å². The number of ether oxygens (including phenoxy) is 2. The van der Waals surface area contributed by atoms with Crippen molar-refractivity contribution < 1.29 is 14.3 Å². The highest BCUT2D eigenvalue weighted by Gasteiger charge is 2.11. The third-order valence-corrected chi connectivity index (χ3v) is 5.23. The third kappa shape index (κ3) is 5.30. The summed E-state index contributed by atoms with van der Waals surface area (Å²) in [5.74, 6) is 2.18. The molecule has 0 aliphatic carbocycles. The number of hydrogen-bond donors (Lipinski definition) is 1. The maximum Gasteiger partial charge on any atom is 0.262 e. The highest BCUT2D eigenvalue weighted by atomic mass is 16.5. The van der Waals surface area contributed by atoms with Gasteiger partial charge < -0.3 is 24.3 Å². The lowest BCUT2D eigenvalue weighted by Crippen LogP contribution is -2.26. The molecule has 1 amide bonds. The number of carbonyl (C=O) groups is 1. The Kier molecular flexibility index (Phi) is 7.30. The number of carbonyl (C=O) groups excluding carboxylic acids is 1. The summed E-state index contributed by atoms with van der Waals surface area (Å²) in [7, 11) is 3.64. The fourth-order valence-corrected chi connectivity index (χ4v) is 3.37. The van der Waals surface area contributed by atoms with E-state index in [1.54, 1.807) is 31.4 Å². The Labute approximate surface area is 177 Å². The molecule has 0 fully saturated rings. The van der Waals surface area contributed by atoms with Crippen molar-refractivity contribution >= 4 is 22.6 Å². The van der Waals surface area contributed by atoms with Crippen LogP contribution >= 0.6 is 0 Å². The zero-order valence-corrected chi connectivity index (χ0v) is 18.1. The van der Waals surface area contributed by atoms with Gasteiger partial charge in [-0.25, -0.2) is 4.98 Å². The summed E-state index contributed by atoms with van der Waals surface area (Å²) >= 11 is 0. The number of aromatic nitrogens is 2. The first-order valence-electron chi connectivity index (χ1n) is 10.3. The van der Waals surface area contributed by atoms with Crippen molar-refractivity contribution in [2.24, 2.45) is 7.05 Å². The van der Waals surface area contributed by atoms with Crippen LogP contribution in [0.15, 0.2) is 42.5 Å². The highest BCUT2D eigenvalue weighted by molar-refractivity contribution is 5.94. The molecular weight excluding hydrogens is 380 g/mol. The summed E-state index contributed by atoms with van der Waals surface area (Å²) in [6.07, 6.45) is 0.893. The van der Waals surface area contributed by atoms with Crippen molar-refractivity contribution in [1.82, 2.24) is 14.5 Å². The predicted octanol–water partition coefficient (Wildman–Crippen LogP) is 3.48. The minimum atomic E-state index is -0.220. The van der Waals surface area contributed by atoms with E-state index in [0.29, 0.717) is 11.4 Å². The van der Waals surface area contributed by atoms with Crippen molar-refractivity contribution in [1.29, 1.82) is 0 Å². The van der Waals surface area contributed by atoms with Gasteiger partial charge in [-0.05, 0) is 55.6 Å². The fraction of sp³-hybridized carbons (Fsp3) is 0.391. The van der Waals surface area contributed by atoms with Crippen LogP contribution in [0, 0.1) is 0 Å². The lowest BCUT2D eigenvalue weighted by molar-refractivity contribution is -0.118. The Hall–Kier alpha value is -3.06. The molecule has 3 rings (SSSR count).